The number of nitrogens with zero attached hydrogens (tertiary/aromatic N) is 7. The molecular weight excluding hydrogens is 502 g/mol. The topological polar surface area (TPSA) is 216 Å². The fraction of sp³-hybridized carbons (Fsp3) is 0.136. The van der Waals surface area contributed by atoms with Crippen LogP contribution in [-0.4, -0.2) is 55.4 Å². The van der Waals surface area contributed by atoms with Crippen LogP contribution >= 0.6 is 0 Å². The third kappa shape index (κ3) is 4.99. The van der Waals surface area contributed by atoms with Crippen LogP contribution in [0.15, 0.2) is 46.1 Å². The molecule has 2 heterocycles. The summed E-state index contributed by atoms with van der Waals surface area (Å²) in [5.74, 6) is -1.27. The number of benzene rings is 2. The molecule has 38 heavy (non-hydrogen) atoms. The Morgan fingerprint density at radius 3 is 2.68 bits per heavy atom. The highest BCUT2D eigenvalue weighted by Gasteiger charge is 2.23. The minimum absolute atomic E-state index is 0.00472. The highest BCUT2D eigenvalue weighted by molar-refractivity contribution is 5.95. The van der Waals surface area contributed by atoms with Crippen LogP contribution < -0.4 is 20.6 Å². The second kappa shape index (κ2) is 10.5. The minimum Gasteiger partial charge on any atom is -0.493 e. The van der Waals surface area contributed by atoms with Crippen LogP contribution in [0.3, 0.4) is 0 Å². The van der Waals surface area contributed by atoms with Crippen molar-refractivity contribution >= 4 is 29.6 Å². The first kappa shape index (κ1) is 25.4. The molecule has 0 radical (unpaired) electrons. The number of methoxy groups -OCH3 is 1. The van der Waals surface area contributed by atoms with Crippen molar-refractivity contribution < 1.29 is 28.6 Å². The smallest absolute Gasteiger partial charge is 0.344 e. The van der Waals surface area contributed by atoms with Crippen LogP contribution in [0, 0.1) is 24.0 Å². The SMILES string of the molecule is COc1cc(/C=N\NC(=O)c2c(C)nnn2-c2nonc2N)ccc1OC(=O)c1cccc([N+](=O)[O-])c1C. The molecule has 194 valence electrons. The van der Waals surface area contributed by atoms with Gasteiger partial charge in [-0.05, 0) is 54.0 Å². The van der Waals surface area contributed by atoms with E-state index in [2.05, 4.69) is 35.8 Å². The summed E-state index contributed by atoms with van der Waals surface area (Å²) < 4.78 is 16.3. The summed E-state index contributed by atoms with van der Waals surface area (Å²) in [6.07, 6.45) is 1.33. The van der Waals surface area contributed by atoms with Crippen LogP contribution in [0.5, 0.6) is 11.5 Å². The van der Waals surface area contributed by atoms with Gasteiger partial charge in [-0.3, -0.25) is 14.9 Å². The van der Waals surface area contributed by atoms with E-state index in [0.29, 0.717) is 5.56 Å². The van der Waals surface area contributed by atoms with Crippen molar-refractivity contribution in [2.45, 2.75) is 13.8 Å². The predicted molar refractivity (Wildman–Crippen MR) is 129 cm³/mol. The fourth-order valence-corrected chi connectivity index (χ4v) is 3.37. The van der Waals surface area contributed by atoms with Crippen LogP contribution in [0.4, 0.5) is 11.5 Å². The van der Waals surface area contributed by atoms with Gasteiger partial charge >= 0.3 is 5.97 Å². The number of aryl methyl sites for hydroxylation is 1. The van der Waals surface area contributed by atoms with Crippen molar-refractivity contribution in [1.29, 1.82) is 0 Å². The number of hydrogen-bond donors (Lipinski definition) is 2. The Morgan fingerprint density at radius 2 is 2.00 bits per heavy atom. The number of esters is 1. The summed E-state index contributed by atoms with van der Waals surface area (Å²) in [7, 11) is 1.37. The fourth-order valence-electron chi connectivity index (χ4n) is 3.37. The quantitative estimate of drug-likeness (QED) is 0.111. The Kier molecular flexibility index (Phi) is 7.04. The van der Waals surface area contributed by atoms with Crippen LogP contribution in [-0.2, 0) is 0 Å². The number of hydrogen-bond acceptors (Lipinski definition) is 13. The maximum absolute atomic E-state index is 12.7. The van der Waals surface area contributed by atoms with Gasteiger partial charge in [0, 0.05) is 11.6 Å². The molecule has 16 nitrogen and oxygen atoms in total. The molecule has 16 heteroatoms. The molecule has 0 aliphatic rings. The van der Waals surface area contributed by atoms with Gasteiger partial charge in [0.25, 0.3) is 11.6 Å². The Morgan fingerprint density at radius 1 is 1.21 bits per heavy atom. The Bertz CT molecular complexity index is 1580. The number of carbonyl (C=O) groups is 2. The average Bonchev–Trinajstić information content (AvgIpc) is 3.49. The van der Waals surface area contributed by atoms with Gasteiger partial charge < -0.3 is 15.2 Å². The van der Waals surface area contributed by atoms with Crippen LogP contribution in [0.25, 0.3) is 5.82 Å². The number of amides is 1. The normalized spacial score (nSPS) is 10.9. The van der Waals surface area contributed by atoms with E-state index in [1.54, 1.807) is 13.0 Å². The number of nitro groups is 1. The van der Waals surface area contributed by atoms with E-state index in [0.717, 1.165) is 4.68 Å². The van der Waals surface area contributed by atoms with Gasteiger partial charge in [0.2, 0.25) is 11.6 Å². The Labute approximate surface area is 213 Å². The third-order valence-corrected chi connectivity index (χ3v) is 5.24. The zero-order valence-corrected chi connectivity index (χ0v) is 20.1. The molecule has 0 fully saturated rings. The van der Waals surface area contributed by atoms with Gasteiger partial charge in [0.1, 0.15) is 0 Å². The van der Waals surface area contributed by atoms with Gasteiger partial charge in [-0.15, -0.1) is 5.10 Å². The van der Waals surface area contributed by atoms with Gasteiger partial charge in [-0.1, -0.05) is 11.3 Å². The zero-order chi connectivity index (χ0) is 27.4. The van der Waals surface area contributed by atoms with Gasteiger partial charge in [-0.25, -0.2) is 14.8 Å². The summed E-state index contributed by atoms with van der Waals surface area (Å²) in [5.41, 5.74) is 8.83. The third-order valence-electron chi connectivity index (χ3n) is 5.24. The molecule has 2 aromatic carbocycles. The van der Waals surface area contributed by atoms with E-state index in [-0.39, 0.29) is 51.3 Å². The number of nitrogens with one attached hydrogen (secondary N) is 1. The molecule has 0 unspecified atom stereocenters. The van der Waals surface area contributed by atoms with Gasteiger partial charge in [-0.2, -0.15) is 9.78 Å². The predicted octanol–water partition coefficient (Wildman–Crippen LogP) is 1.75. The molecule has 0 aliphatic heterocycles. The van der Waals surface area contributed by atoms with E-state index in [1.807, 2.05) is 0 Å². The lowest BCUT2D eigenvalue weighted by Crippen LogP contribution is -2.22. The molecule has 0 aliphatic carbocycles. The van der Waals surface area contributed by atoms with E-state index < -0.39 is 16.8 Å². The summed E-state index contributed by atoms with van der Waals surface area (Å²) >= 11 is 0. The number of ether oxygens (including phenoxy) is 2. The molecule has 0 saturated carbocycles. The van der Waals surface area contributed by atoms with Gasteiger partial charge in [0.15, 0.2) is 17.2 Å². The minimum atomic E-state index is -0.790. The highest BCUT2D eigenvalue weighted by Crippen LogP contribution is 2.30. The number of nitro benzene ring substituents is 1. The molecule has 3 N–H and O–H groups in total. The van der Waals surface area contributed by atoms with Crippen molar-refractivity contribution in [2.24, 2.45) is 5.10 Å². The first-order chi connectivity index (χ1) is 18.2. The average molecular weight is 521 g/mol. The Balaban J connectivity index is 1.48. The highest BCUT2D eigenvalue weighted by atomic mass is 16.6. The second-order valence-electron chi connectivity index (χ2n) is 7.61. The van der Waals surface area contributed by atoms with Crippen molar-refractivity contribution in [3.05, 3.63) is 74.6 Å². The lowest BCUT2D eigenvalue weighted by atomic mass is 10.1. The maximum Gasteiger partial charge on any atom is 0.344 e. The van der Waals surface area contributed by atoms with E-state index in [4.69, 9.17) is 15.2 Å². The number of rotatable bonds is 8. The second-order valence-corrected chi connectivity index (χ2v) is 7.61. The number of nitrogens with two attached hydrogens (primary N) is 1. The van der Waals surface area contributed by atoms with Crippen molar-refractivity contribution in [3.63, 3.8) is 0 Å². The Hall–Kier alpha value is -5.67. The van der Waals surface area contributed by atoms with Crippen LogP contribution in [0.1, 0.15) is 37.7 Å². The molecule has 4 aromatic rings. The number of hydrazone groups is 1. The largest absolute Gasteiger partial charge is 0.493 e. The van der Waals surface area contributed by atoms with Crippen molar-refractivity contribution in [1.82, 2.24) is 30.7 Å². The molecular formula is C22H19N9O7. The maximum atomic E-state index is 12.7. The number of carbonyl (C=O) groups excluding carboxylic acids is 2. The molecule has 0 spiro atoms. The summed E-state index contributed by atoms with van der Waals surface area (Å²) in [6.45, 7) is 3.02. The zero-order valence-electron chi connectivity index (χ0n) is 20.1. The molecule has 4 rings (SSSR count). The molecule has 0 atom stereocenters. The summed E-state index contributed by atoms with van der Waals surface area (Å²) in [4.78, 5) is 36.0. The number of aromatic nitrogens is 5. The van der Waals surface area contributed by atoms with Gasteiger partial charge in [0.05, 0.1) is 29.5 Å². The first-order valence-electron chi connectivity index (χ1n) is 10.7. The van der Waals surface area contributed by atoms with Crippen molar-refractivity contribution in [2.75, 3.05) is 12.8 Å². The molecule has 2 aromatic heterocycles. The summed E-state index contributed by atoms with van der Waals surface area (Å²) in [5, 5.41) is 29.8. The van der Waals surface area contributed by atoms with Crippen molar-refractivity contribution in [3.8, 4) is 17.3 Å². The first-order valence-corrected chi connectivity index (χ1v) is 10.7. The number of anilines is 1. The standard InChI is InChI=1S/C22H19N9O7/c1-11-14(5-4-6-15(11)31(34)35)22(33)37-16-8-7-13(9-17(16)36-3)10-24-26-21(32)18-12(2)25-29-30(18)20-19(23)27-38-28-20/h4-10H,1-3H3,(H2,23,27)(H,26,32)/b24-10-. The summed E-state index contributed by atoms with van der Waals surface area (Å²) in [6, 6.07) is 8.64. The van der Waals surface area contributed by atoms with E-state index >= 15 is 0 Å². The monoisotopic (exact) mass is 521 g/mol. The lowest BCUT2D eigenvalue weighted by Gasteiger charge is -2.11. The van der Waals surface area contributed by atoms with E-state index in [9.17, 15) is 19.7 Å². The lowest BCUT2D eigenvalue weighted by molar-refractivity contribution is -0.385. The molecule has 0 saturated heterocycles. The van der Waals surface area contributed by atoms with Crippen LogP contribution in [0.2, 0.25) is 0 Å². The molecule has 1 amide bonds. The molecule has 0 bridgehead atoms. The van der Waals surface area contributed by atoms with E-state index in [1.165, 1.54) is 50.6 Å². The number of nitrogen functional groups attached to an aromatic ring is 1.